The molecule has 0 fully saturated rings. The van der Waals surface area contributed by atoms with Crippen LogP contribution in [0.5, 0.6) is 0 Å². The van der Waals surface area contributed by atoms with Crippen LogP contribution in [0.1, 0.15) is 10.4 Å². The molecule has 0 atom stereocenters. The Bertz CT molecular complexity index is 718. The molecule has 3 heterocycles. The van der Waals surface area contributed by atoms with E-state index in [0.29, 0.717) is 11.3 Å². The first kappa shape index (κ1) is 10.5. The number of carbonyl (C=O) groups is 1. The molecule has 0 radical (unpaired) electrons. The van der Waals surface area contributed by atoms with Crippen molar-refractivity contribution in [3.63, 3.8) is 0 Å². The Hall–Kier alpha value is -2.69. The van der Waals surface area contributed by atoms with E-state index in [1.807, 2.05) is 18.3 Å². The third-order valence-electron chi connectivity index (χ3n) is 2.73. The first-order valence-corrected chi connectivity index (χ1v) is 5.44. The summed E-state index contributed by atoms with van der Waals surface area (Å²) in [6.07, 6.45) is 5.13. The average Bonchev–Trinajstić information content (AvgIpc) is 2.85. The van der Waals surface area contributed by atoms with Crippen molar-refractivity contribution in [2.75, 3.05) is 0 Å². The molecular weight excluding hydrogens is 228 g/mol. The summed E-state index contributed by atoms with van der Waals surface area (Å²) in [5.74, 6) is -0.488. The largest absolute Gasteiger partial charge is 0.366 e. The third kappa shape index (κ3) is 1.62. The number of fused-ring (bicyclic) bond motifs is 1. The normalized spacial score (nSPS) is 10.7. The van der Waals surface area contributed by atoms with Gasteiger partial charge < -0.3 is 5.73 Å². The van der Waals surface area contributed by atoms with Crippen molar-refractivity contribution in [2.45, 2.75) is 0 Å². The third-order valence-corrected chi connectivity index (χ3v) is 2.73. The molecule has 88 valence electrons. The summed E-state index contributed by atoms with van der Waals surface area (Å²) in [4.78, 5) is 15.5. The molecule has 0 aliphatic rings. The standard InChI is InChI=1S/C13H10N4O/c14-13(18)11-8-10-2-1-7-17(10)16-12(11)9-3-5-15-6-4-9/h1-8H,(H2,14,18). The number of hydrogen-bond acceptors (Lipinski definition) is 3. The van der Waals surface area contributed by atoms with Gasteiger partial charge in [0.15, 0.2) is 0 Å². The summed E-state index contributed by atoms with van der Waals surface area (Å²) >= 11 is 0. The van der Waals surface area contributed by atoms with Crippen molar-refractivity contribution in [1.82, 2.24) is 14.6 Å². The van der Waals surface area contributed by atoms with E-state index < -0.39 is 5.91 Å². The van der Waals surface area contributed by atoms with Gasteiger partial charge in [0.2, 0.25) is 0 Å². The maximum absolute atomic E-state index is 11.5. The van der Waals surface area contributed by atoms with Crippen LogP contribution in [0.4, 0.5) is 0 Å². The van der Waals surface area contributed by atoms with E-state index >= 15 is 0 Å². The second-order valence-corrected chi connectivity index (χ2v) is 3.88. The molecule has 0 saturated heterocycles. The number of amides is 1. The molecule has 5 heteroatoms. The minimum absolute atomic E-state index is 0.410. The van der Waals surface area contributed by atoms with Crippen LogP contribution < -0.4 is 5.73 Å². The predicted molar refractivity (Wildman–Crippen MR) is 66.9 cm³/mol. The average molecular weight is 238 g/mol. The fraction of sp³-hybridized carbons (Fsp3) is 0. The lowest BCUT2D eigenvalue weighted by molar-refractivity contribution is 0.100. The van der Waals surface area contributed by atoms with Gasteiger partial charge in [-0.2, -0.15) is 5.10 Å². The molecule has 3 aromatic rings. The number of hydrogen-bond donors (Lipinski definition) is 1. The van der Waals surface area contributed by atoms with Crippen molar-refractivity contribution in [3.8, 4) is 11.3 Å². The van der Waals surface area contributed by atoms with Crippen LogP contribution in [-0.4, -0.2) is 20.5 Å². The molecule has 3 rings (SSSR count). The van der Waals surface area contributed by atoms with E-state index in [0.717, 1.165) is 11.1 Å². The zero-order valence-corrected chi connectivity index (χ0v) is 9.45. The Labute approximate surface area is 103 Å². The quantitative estimate of drug-likeness (QED) is 0.735. The van der Waals surface area contributed by atoms with Gasteiger partial charge in [-0.3, -0.25) is 9.78 Å². The topological polar surface area (TPSA) is 73.3 Å². The number of nitrogens with zero attached hydrogens (tertiary/aromatic N) is 3. The smallest absolute Gasteiger partial charge is 0.251 e. The highest BCUT2D eigenvalue weighted by atomic mass is 16.1. The molecule has 0 unspecified atom stereocenters. The van der Waals surface area contributed by atoms with Crippen molar-refractivity contribution in [3.05, 3.63) is 54.5 Å². The molecule has 0 saturated carbocycles. The molecule has 0 bridgehead atoms. The minimum Gasteiger partial charge on any atom is -0.366 e. The van der Waals surface area contributed by atoms with Gasteiger partial charge in [-0.25, -0.2) is 4.52 Å². The summed E-state index contributed by atoms with van der Waals surface area (Å²) in [5, 5.41) is 4.41. The first-order chi connectivity index (χ1) is 8.75. The molecule has 0 spiro atoms. The lowest BCUT2D eigenvalue weighted by Crippen LogP contribution is -2.14. The van der Waals surface area contributed by atoms with Crippen LogP contribution in [0.25, 0.3) is 16.8 Å². The fourth-order valence-corrected chi connectivity index (χ4v) is 1.88. The highest BCUT2D eigenvalue weighted by molar-refractivity contribution is 5.99. The lowest BCUT2D eigenvalue weighted by atomic mass is 10.1. The van der Waals surface area contributed by atoms with E-state index in [4.69, 9.17) is 5.73 Å². The van der Waals surface area contributed by atoms with Gasteiger partial charge >= 0.3 is 0 Å². The van der Waals surface area contributed by atoms with Gasteiger partial charge in [-0.15, -0.1) is 0 Å². The van der Waals surface area contributed by atoms with Crippen molar-refractivity contribution in [1.29, 1.82) is 0 Å². The van der Waals surface area contributed by atoms with E-state index in [-0.39, 0.29) is 0 Å². The first-order valence-electron chi connectivity index (χ1n) is 5.44. The van der Waals surface area contributed by atoms with E-state index in [1.54, 1.807) is 35.1 Å². The van der Waals surface area contributed by atoms with Gasteiger partial charge in [-0.05, 0) is 30.3 Å². The van der Waals surface area contributed by atoms with Crippen LogP contribution in [0.2, 0.25) is 0 Å². The van der Waals surface area contributed by atoms with Crippen LogP contribution >= 0.6 is 0 Å². The predicted octanol–water partition coefficient (Wildman–Crippen LogP) is 1.50. The SMILES string of the molecule is NC(=O)c1cc2cccn2nc1-c1ccncc1. The van der Waals surface area contributed by atoms with Crippen molar-refractivity contribution >= 4 is 11.4 Å². The van der Waals surface area contributed by atoms with Crippen molar-refractivity contribution in [2.24, 2.45) is 5.73 Å². The maximum Gasteiger partial charge on any atom is 0.251 e. The van der Waals surface area contributed by atoms with Crippen molar-refractivity contribution < 1.29 is 4.79 Å². The van der Waals surface area contributed by atoms with Crippen LogP contribution in [0.3, 0.4) is 0 Å². The molecule has 0 aliphatic heterocycles. The Balaban J connectivity index is 2.32. The lowest BCUT2D eigenvalue weighted by Gasteiger charge is -2.07. The summed E-state index contributed by atoms with van der Waals surface area (Å²) in [7, 11) is 0. The van der Waals surface area contributed by atoms with Crippen LogP contribution in [-0.2, 0) is 0 Å². The molecule has 1 amide bonds. The molecule has 3 aromatic heterocycles. The number of aromatic nitrogens is 3. The Morgan fingerprint density at radius 3 is 2.72 bits per heavy atom. The molecule has 2 N–H and O–H groups in total. The van der Waals surface area contributed by atoms with Gasteiger partial charge in [0.1, 0.15) is 5.69 Å². The van der Waals surface area contributed by atoms with Gasteiger partial charge in [-0.1, -0.05) is 0 Å². The highest BCUT2D eigenvalue weighted by Crippen LogP contribution is 2.21. The van der Waals surface area contributed by atoms with Crippen LogP contribution in [0.15, 0.2) is 48.9 Å². The molecule has 18 heavy (non-hydrogen) atoms. The van der Waals surface area contributed by atoms with Gasteiger partial charge in [0.25, 0.3) is 5.91 Å². The van der Waals surface area contributed by atoms with E-state index in [2.05, 4.69) is 10.1 Å². The Morgan fingerprint density at radius 2 is 2.00 bits per heavy atom. The van der Waals surface area contributed by atoms with E-state index in [1.165, 1.54) is 0 Å². The van der Waals surface area contributed by atoms with Gasteiger partial charge in [0, 0.05) is 24.2 Å². The number of rotatable bonds is 2. The minimum atomic E-state index is -0.488. The van der Waals surface area contributed by atoms with Gasteiger partial charge in [0.05, 0.1) is 11.1 Å². The second-order valence-electron chi connectivity index (χ2n) is 3.88. The fourth-order valence-electron chi connectivity index (χ4n) is 1.88. The Kier molecular flexibility index (Phi) is 2.30. The molecule has 0 aliphatic carbocycles. The molecular formula is C13H10N4O. The number of carbonyl (C=O) groups excluding carboxylic acids is 1. The zero-order chi connectivity index (χ0) is 12.5. The number of primary amides is 1. The summed E-state index contributed by atoms with van der Waals surface area (Å²) in [5.41, 5.74) is 8.03. The molecule has 5 nitrogen and oxygen atoms in total. The monoisotopic (exact) mass is 238 g/mol. The van der Waals surface area contributed by atoms with E-state index in [9.17, 15) is 4.79 Å². The second kappa shape index (κ2) is 3.96. The summed E-state index contributed by atoms with van der Waals surface area (Å²) in [6.45, 7) is 0. The summed E-state index contributed by atoms with van der Waals surface area (Å²) in [6, 6.07) is 9.07. The highest BCUT2D eigenvalue weighted by Gasteiger charge is 2.13. The number of pyridine rings is 1. The summed E-state index contributed by atoms with van der Waals surface area (Å²) < 4.78 is 1.71. The maximum atomic E-state index is 11.5. The Morgan fingerprint density at radius 1 is 1.22 bits per heavy atom. The number of nitrogens with two attached hydrogens (primary N) is 1. The van der Waals surface area contributed by atoms with Crippen LogP contribution in [0, 0.1) is 0 Å². The molecule has 0 aromatic carbocycles. The zero-order valence-electron chi connectivity index (χ0n) is 9.45.